The lowest BCUT2D eigenvalue weighted by Gasteiger charge is -2.33. The second-order valence-corrected chi connectivity index (χ2v) is 7.14. The Labute approximate surface area is 143 Å². The molecule has 0 radical (unpaired) electrons. The number of ether oxygens (including phenoxy) is 2. The van der Waals surface area contributed by atoms with Gasteiger partial charge in [-0.15, -0.1) is 0 Å². The summed E-state index contributed by atoms with van der Waals surface area (Å²) in [6, 6.07) is 6.36. The van der Waals surface area contributed by atoms with Gasteiger partial charge >= 0.3 is 6.03 Å². The first kappa shape index (κ1) is 15.8. The van der Waals surface area contributed by atoms with Crippen molar-refractivity contribution in [2.45, 2.75) is 56.7 Å². The van der Waals surface area contributed by atoms with E-state index in [0.717, 1.165) is 50.9 Å². The van der Waals surface area contributed by atoms with E-state index in [-0.39, 0.29) is 18.1 Å². The van der Waals surface area contributed by atoms with Crippen LogP contribution < -0.4 is 15.4 Å². The maximum absolute atomic E-state index is 12.5. The molecule has 0 spiro atoms. The summed E-state index contributed by atoms with van der Waals surface area (Å²) in [5, 5.41) is 6.38. The van der Waals surface area contributed by atoms with E-state index in [1.54, 1.807) is 7.11 Å². The third-order valence-electron chi connectivity index (χ3n) is 5.85. The van der Waals surface area contributed by atoms with Gasteiger partial charge in [-0.05, 0) is 55.7 Å². The van der Waals surface area contributed by atoms with Crippen molar-refractivity contribution < 1.29 is 14.3 Å². The first-order valence-electron chi connectivity index (χ1n) is 9.10. The quantitative estimate of drug-likeness (QED) is 0.896. The normalized spacial score (nSPS) is 31.2. The molecule has 4 atom stereocenters. The summed E-state index contributed by atoms with van der Waals surface area (Å²) in [5.74, 6) is 1.41. The molecule has 0 bridgehead atoms. The van der Waals surface area contributed by atoms with Gasteiger partial charge in [-0.3, -0.25) is 0 Å². The Morgan fingerprint density at radius 2 is 2.12 bits per heavy atom. The molecule has 3 aliphatic rings. The molecule has 5 heteroatoms. The van der Waals surface area contributed by atoms with Crippen LogP contribution in [0.5, 0.6) is 5.75 Å². The fourth-order valence-corrected chi connectivity index (χ4v) is 4.69. The van der Waals surface area contributed by atoms with E-state index in [2.05, 4.69) is 16.7 Å². The van der Waals surface area contributed by atoms with Crippen molar-refractivity contribution in [3.63, 3.8) is 0 Å². The van der Waals surface area contributed by atoms with E-state index in [0.29, 0.717) is 12.0 Å². The fourth-order valence-electron chi connectivity index (χ4n) is 4.69. The molecular formula is C19H26N2O3. The Hall–Kier alpha value is -1.75. The molecule has 1 saturated heterocycles. The van der Waals surface area contributed by atoms with Crippen LogP contribution in [0.2, 0.25) is 0 Å². The predicted molar refractivity (Wildman–Crippen MR) is 91.2 cm³/mol. The Morgan fingerprint density at radius 1 is 1.21 bits per heavy atom. The van der Waals surface area contributed by atoms with Crippen molar-refractivity contribution in [3.05, 3.63) is 29.3 Å². The van der Waals surface area contributed by atoms with Gasteiger partial charge in [-0.2, -0.15) is 0 Å². The topological polar surface area (TPSA) is 59.6 Å². The lowest BCUT2D eigenvalue weighted by atomic mass is 9.82. The number of hydrogen-bond donors (Lipinski definition) is 2. The highest BCUT2D eigenvalue weighted by Crippen LogP contribution is 2.37. The van der Waals surface area contributed by atoms with Crippen LogP contribution in [0.4, 0.5) is 4.79 Å². The van der Waals surface area contributed by atoms with Crippen molar-refractivity contribution in [2.75, 3.05) is 13.7 Å². The van der Waals surface area contributed by atoms with Gasteiger partial charge in [0.15, 0.2) is 0 Å². The minimum Gasteiger partial charge on any atom is -0.496 e. The molecule has 2 fully saturated rings. The first-order valence-corrected chi connectivity index (χ1v) is 9.10. The smallest absolute Gasteiger partial charge is 0.315 e. The van der Waals surface area contributed by atoms with E-state index >= 15 is 0 Å². The van der Waals surface area contributed by atoms with E-state index in [9.17, 15) is 4.79 Å². The average molecular weight is 330 g/mol. The van der Waals surface area contributed by atoms with Crippen LogP contribution in [-0.4, -0.2) is 31.9 Å². The van der Waals surface area contributed by atoms with Crippen LogP contribution in [-0.2, 0) is 11.2 Å². The van der Waals surface area contributed by atoms with E-state index in [1.165, 1.54) is 11.1 Å². The minimum atomic E-state index is -0.0479. The molecule has 5 nitrogen and oxygen atoms in total. The van der Waals surface area contributed by atoms with Crippen molar-refractivity contribution in [3.8, 4) is 5.75 Å². The van der Waals surface area contributed by atoms with Crippen LogP contribution in [0, 0.1) is 5.92 Å². The molecule has 2 N–H and O–H groups in total. The van der Waals surface area contributed by atoms with Gasteiger partial charge in [0.2, 0.25) is 0 Å². The monoisotopic (exact) mass is 330 g/mol. The first-order chi connectivity index (χ1) is 11.8. The van der Waals surface area contributed by atoms with Gasteiger partial charge in [-0.1, -0.05) is 12.1 Å². The predicted octanol–water partition coefficient (Wildman–Crippen LogP) is 2.94. The molecule has 1 aliphatic heterocycles. The summed E-state index contributed by atoms with van der Waals surface area (Å²) in [7, 11) is 1.70. The maximum Gasteiger partial charge on any atom is 0.315 e. The zero-order chi connectivity index (χ0) is 16.5. The Morgan fingerprint density at radius 3 is 3.00 bits per heavy atom. The SMILES string of the molecule is COc1cccc2c1CCC2NC(=O)NC1CCCC2OCCC12. The van der Waals surface area contributed by atoms with Crippen molar-refractivity contribution in [1.82, 2.24) is 10.6 Å². The van der Waals surface area contributed by atoms with Crippen LogP contribution in [0.15, 0.2) is 18.2 Å². The van der Waals surface area contributed by atoms with Gasteiger partial charge in [0, 0.05) is 18.6 Å². The number of hydrogen-bond acceptors (Lipinski definition) is 3. The minimum absolute atomic E-state index is 0.0479. The summed E-state index contributed by atoms with van der Waals surface area (Å²) in [6.07, 6.45) is 6.64. The van der Waals surface area contributed by atoms with Gasteiger partial charge < -0.3 is 20.1 Å². The molecule has 4 unspecified atom stereocenters. The molecule has 1 saturated carbocycles. The summed E-state index contributed by atoms with van der Waals surface area (Å²) in [6.45, 7) is 0.838. The summed E-state index contributed by atoms with van der Waals surface area (Å²) in [4.78, 5) is 12.5. The number of fused-ring (bicyclic) bond motifs is 2. The molecule has 2 amide bonds. The summed E-state index contributed by atoms with van der Waals surface area (Å²) in [5.41, 5.74) is 2.42. The maximum atomic E-state index is 12.5. The molecule has 2 aliphatic carbocycles. The molecule has 24 heavy (non-hydrogen) atoms. The van der Waals surface area contributed by atoms with Gasteiger partial charge in [-0.25, -0.2) is 4.79 Å². The van der Waals surface area contributed by atoms with Crippen LogP contribution in [0.25, 0.3) is 0 Å². The number of nitrogens with one attached hydrogen (secondary N) is 2. The van der Waals surface area contributed by atoms with Crippen molar-refractivity contribution in [2.24, 2.45) is 5.92 Å². The van der Waals surface area contributed by atoms with Crippen LogP contribution in [0.3, 0.4) is 0 Å². The Bertz CT molecular complexity index is 619. The van der Waals surface area contributed by atoms with Crippen LogP contribution >= 0.6 is 0 Å². The summed E-state index contributed by atoms with van der Waals surface area (Å²) >= 11 is 0. The number of carbonyl (C=O) groups excluding carboxylic acids is 1. The number of carbonyl (C=O) groups is 1. The van der Waals surface area contributed by atoms with Crippen molar-refractivity contribution >= 4 is 6.03 Å². The standard InChI is InChI=1S/C19H26N2O3/c1-23-17-6-2-4-12-13(17)8-9-16(12)21-19(22)20-15-5-3-7-18-14(15)10-11-24-18/h2,4,6,14-16,18H,3,5,7-11H2,1H3,(H2,20,21,22). The highest BCUT2D eigenvalue weighted by molar-refractivity contribution is 5.75. The molecule has 1 aromatic carbocycles. The fraction of sp³-hybridized carbons (Fsp3) is 0.632. The number of benzene rings is 1. The van der Waals surface area contributed by atoms with Crippen LogP contribution in [0.1, 0.15) is 49.3 Å². The van der Waals surface area contributed by atoms with E-state index in [1.807, 2.05) is 12.1 Å². The zero-order valence-electron chi connectivity index (χ0n) is 14.2. The molecule has 0 aromatic heterocycles. The summed E-state index contributed by atoms with van der Waals surface area (Å²) < 4.78 is 11.2. The van der Waals surface area contributed by atoms with E-state index < -0.39 is 0 Å². The van der Waals surface area contributed by atoms with E-state index in [4.69, 9.17) is 9.47 Å². The largest absolute Gasteiger partial charge is 0.496 e. The van der Waals surface area contributed by atoms with Crippen molar-refractivity contribution in [1.29, 1.82) is 0 Å². The number of rotatable bonds is 3. The Balaban J connectivity index is 1.39. The molecule has 1 aromatic rings. The highest BCUT2D eigenvalue weighted by Gasteiger charge is 2.38. The zero-order valence-corrected chi connectivity index (χ0v) is 14.2. The number of methoxy groups -OCH3 is 1. The lowest BCUT2D eigenvalue weighted by molar-refractivity contribution is 0.0549. The molecular weight excluding hydrogens is 304 g/mol. The lowest BCUT2D eigenvalue weighted by Crippen LogP contribution is -2.49. The third-order valence-corrected chi connectivity index (χ3v) is 5.85. The van der Waals surface area contributed by atoms with Gasteiger partial charge in [0.05, 0.1) is 19.3 Å². The highest BCUT2D eigenvalue weighted by atomic mass is 16.5. The number of urea groups is 1. The number of amides is 2. The second-order valence-electron chi connectivity index (χ2n) is 7.14. The van der Waals surface area contributed by atoms with Gasteiger partial charge in [0.25, 0.3) is 0 Å². The third kappa shape index (κ3) is 2.86. The molecule has 4 rings (SSSR count). The Kier molecular flexibility index (Phi) is 4.35. The molecule has 130 valence electrons. The average Bonchev–Trinajstić information content (AvgIpc) is 3.22. The van der Waals surface area contributed by atoms with Gasteiger partial charge in [0.1, 0.15) is 5.75 Å². The second kappa shape index (κ2) is 6.63. The molecule has 1 heterocycles.